The van der Waals surface area contributed by atoms with Gasteiger partial charge < -0.3 is 20.3 Å². The van der Waals surface area contributed by atoms with Crippen molar-refractivity contribution in [2.24, 2.45) is 7.05 Å². The van der Waals surface area contributed by atoms with Gasteiger partial charge in [-0.15, -0.1) is 0 Å². The molecular weight excluding hydrogens is 401 g/mol. The lowest BCUT2D eigenvalue weighted by Crippen LogP contribution is -2.41. The van der Waals surface area contributed by atoms with Gasteiger partial charge in [0, 0.05) is 18.4 Å². The first-order chi connectivity index (χ1) is 13.6. The predicted molar refractivity (Wildman–Crippen MR) is 108 cm³/mol. The van der Waals surface area contributed by atoms with Gasteiger partial charge in [-0.1, -0.05) is 18.5 Å². The second-order valence-electron chi connectivity index (χ2n) is 6.69. The Labute approximate surface area is 172 Å². The van der Waals surface area contributed by atoms with Gasteiger partial charge in [-0.2, -0.15) is 0 Å². The average molecular weight is 424 g/mol. The molecule has 2 amide bonds. The maximum absolute atomic E-state index is 13.4. The zero-order chi connectivity index (χ0) is 21.9. The highest BCUT2D eigenvalue weighted by Crippen LogP contribution is 2.28. The number of amides is 2. The monoisotopic (exact) mass is 423 g/mol. The molecule has 2 aromatic rings. The molecule has 0 bridgehead atoms. The molecule has 29 heavy (non-hydrogen) atoms. The van der Waals surface area contributed by atoms with Gasteiger partial charge in [-0.25, -0.2) is 4.39 Å². The van der Waals surface area contributed by atoms with Gasteiger partial charge in [-0.3, -0.25) is 14.4 Å². The first kappa shape index (κ1) is 22.6. The summed E-state index contributed by atoms with van der Waals surface area (Å²) in [5.41, 5.74) is 1.03. The van der Waals surface area contributed by atoms with Crippen LogP contribution in [-0.4, -0.2) is 39.9 Å². The Kier molecular flexibility index (Phi) is 7.16. The number of benzene rings is 1. The van der Waals surface area contributed by atoms with Crippen LogP contribution in [-0.2, 0) is 11.8 Å². The molecule has 1 heterocycles. The topological polar surface area (TPSA) is 100 Å². The molecule has 0 unspecified atom stereocenters. The van der Waals surface area contributed by atoms with Gasteiger partial charge in [0.15, 0.2) is 0 Å². The maximum atomic E-state index is 13.4. The van der Waals surface area contributed by atoms with Crippen LogP contribution in [0.15, 0.2) is 18.2 Å². The third kappa shape index (κ3) is 4.65. The molecule has 1 aromatic heterocycles. The molecule has 9 heteroatoms. The van der Waals surface area contributed by atoms with Gasteiger partial charge in [0.2, 0.25) is 0 Å². The smallest absolute Gasteiger partial charge is 0.294 e. The van der Waals surface area contributed by atoms with E-state index in [0.717, 1.165) is 0 Å². The van der Waals surface area contributed by atoms with Crippen LogP contribution in [0.25, 0.3) is 0 Å². The summed E-state index contributed by atoms with van der Waals surface area (Å²) in [6.07, 6.45) is 0.445. The van der Waals surface area contributed by atoms with E-state index in [2.05, 4.69) is 10.6 Å². The van der Waals surface area contributed by atoms with Crippen molar-refractivity contribution in [3.63, 3.8) is 0 Å². The molecular formula is C20H23ClFN3O4. The van der Waals surface area contributed by atoms with E-state index in [4.69, 9.17) is 11.6 Å². The quantitative estimate of drug-likeness (QED) is 0.471. The molecule has 3 N–H and O–H groups in total. The summed E-state index contributed by atoms with van der Waals surface area (Å²) in [4.78, 5) is 37.6. The minimum Gasteiger partial charge on any atom is -0.394 e. The molecule has 0 saturated carbocycles. The van der Waals surface area contributed by atoms with Crippen molar-refractivity contribution < 1.29 is 23.9 Å². The molecule has 0 fully saturated rings. The molecule has 0 saturated heterocycles. The Morgan fingerprint density at radius 1 is 1.28 bits per heavy atom. The highest BCUT2D eigenvalue weighted by Gasteiger charge is 2.30. The zero-order valence-electron chi connectivity index (χ0n) is 16.6. The van der Waals surface area contributed by atoms with Crippen LogP contribution in [0.3, 0.4) is 0 Å². The number of anilines is 1. The second kappa shape index (κ2) is 9.19. The number of nitrogens with zero attached hydrogens (tertiary/aromatic N) is 1. The Bertz CT molecular complexity index is 967. The van der Waals surface area contributed by atoms with Crippen molar-refractivity contribution in [2.75, 3.05) is 11.9 Å². The SMILES string of the molecule is CC[C@@H](CO)NC(=O)C(=O)c1c(Cl)c(C(=O)Nc2ccc(F)c(C)c2)c(C)n1C. The first-order valence-electron chi connectivity index (χ1n) is 9.00. The second-order valence-corrected chi connectivity index (χ2v) is 7.07. The van der Waals surface area contributed by atoms with Crippen molar-refractivity contribution in [3.05, 3.63) is 51.6 Å². The fourth-order valence-electron chi connectivity index (χ4n) is 2.83. The molecule has 1 atom stereocenters. The highest BCUT2D eigenvalue weighted by atomic mass is 35.5. The molecule has 0 spiro atoms. The van der Waals surface area contributed by atoms with Gasteiger partial charge in [0.25, 0.3) is 17.6 Å². The molecule has 0 aliphatic carbocycles. The lowest BCUT2D eigenvalue weighted by molar-refractivity contribution is -0.118. The fourth-order valence-corrected chi connectivity index (χ4v) is 3.26. The van der Waals surface area contributed by atoms with Crippen LogP contribution >= 0.6 is 11.6 Å². The Morgan fingerprint density at radius 2 is 1.93 bits per heavy atom. The van der Waals surface area contributed by atoms with E-state index in [1.54, 1.807) is 20.8 Å². The summed E-state index contributed by atoms with van der Waals surface area (Å²) in [6, 6.07) is 3.55. The van der Waals surface area contributed by atoms with Crippen LogP contribution in [0, 0.1) is 19.7 Å². The maximum Gasteiger partial charge on any atom is 0.294 e. The molecule has 1 aromatic carbocycles. The first-order valence-corrected chi connectivity index (χ1v) is 9.38. The third-order valence-electron chi connectivity index (χ3n) is 4.74. The number of nitrogens with one attached hydrogen (secondary N) is 2. The van der Waals surface area contributed by atoms with Gasteiger partial charge in [0.1, 0.15) is 11.5 Å². The van der Waals surface area contributed by atoms with E-state index in [-0.39, 0.29) is 22.9 Å². The highest BCUT2D eigenvalue weighted by molar-refractivity contribution is 6.48. The van der Waals surface area contributed by atoms with Gasteiger partial charge in [-0.05, 0) is 44.0 Å². The van der Waals surface area contributed by atoms with Crippen LogP contribution in [0.5, 0.6) is 0 Å². The summed E-state index contributed by atoms with van der Waals surface area (Å²) in [7, 11) is 1.52. The number of aromatic nitrogens is 1. The lowest BCUT2D eigenvalue weighted by Gasteiger charge is -2.13. The standard InChI is InChI=1S/C20H23ClFN3O4/c1-5-12(9-26)23-20(29)18(27)17-16(21)15(11(3)25(17)4)19(28)24-13-6-7-14(22)10(2)8-13/h6-8,12,26H,5,9H2,1-4H3,(H,23,29)(H,24,28)/t12-/m0/s1. The minimum atomic E-state index is -0.922. The molecule has 2 rings (SSSR count). The van der Waals surface area contributed by atoms with E-state index in [9.17, 15) is 23.9 Å². The zero-order valence-corrected chi connectivity index (χ0v) is 17.4. The number of rotatable bonds is 7. The lowest BCUT2D eigenvalue weighted by atomic mass is 10.1. The molecule has 0 aliphatic heterocycles. The minimum absolute atomic E-state index is 0.0431. The largest absolute Gasteiger partial charge is 0.394 e. The summed E-state index contributed by atoms with van der Waals surface area (Å²) < 4.78 is 14.8. The van der Waals surface area contributed by atoms with E-state index in [0.29, 0.717) is 23.4 Å². The van der Waals surface area contributed by atoms with Gasteiger partial charge in [0.05, 0.1) is 23.2 Å². The number of ketones is 1. The van der Waals surface area contributed by atoms with Crippen molar-refractivity contribution in [2.45, 2.75) is 33.2 Å². The van der Waals surface area contributed by atoms with E-state index >= 15 is 0 Å². The van der Waals surface area contributed by atoms with Crippen LogP contribution in [0.4, 0.5) is 10.1 Å². The van der Waals surface area contributed by atoms with Crippen molar-refractivity contribution in [1.29, 1.82) is 0 Å². The Balaban J connectivity index is 2.33. The number of aliphatic hydroxyl groups excluding tert-OH is 1. The van der Waals surface area contributed by atoms with Gasteiger partial charge >= 0.3 is 0 Å². The van der Waals surface area contributed by atoms with E-state index in [1.807, 2.05) is 0 Å². The predicted octanol–water partition coefficient (Wildman–Crippen LogP) is 2.76. The number of hydrogen-bond acceptors (Lipinski definition) is 4. The number of halogens is 2. The molecule has 7 nitrogen and oxygen atoms in total. The molecule has 156 valence electrons. The van der Waals surface area contributed by atoms with Crippen LogP contribution in [0.1, 0.15) is 45.4 Å². The summed E-state index contributed by atoms with van der Waals surface area (Å²) in [5, 5.41) is 14.1. The summed E-state index contributed by atoms with van der Waals surface area (Å²) in [6.45, 7) is 4.61. The van der Waals surface area contributed by atoms with Crippen molar-refractivity contribution in [3.8, 4) is 0 Å². The summed E-state index contributed by atoms with van der Waals surface area (Å²) >= 11 is 6.30. The fraction of sp³-hybridized carbons (Fsp3) is 0.350. The number of aryl methyl sites for hydroxylation is 1. The number of aliphatic hydroxyl groups is 1. The van der Waals surface area contributed by atoms with E-state index in [1.165, 1.54) is 29.8 Å². The van der Waals surface area contributed by atoms with Crippen molar-refractivity contribution >= 4 is 34.9 Å². The number of hydrogen-bond donors (Lipinski definition) is 3. The Morgan fingerprint density at radius 3 is 2.48 bits per heavy atom. The number of Topliss-reactive ketones (excluding diaryl/α,β-unsaturated/α-hetero) is 1. The number of carbonyl (C=O) groups excluding carboxylic acids is 3. The van der Waals surface area contributed by atoms with Crippen LogP contribution < -0.4 is 10.6 Å². The Hall–Kier alpha value is -2.71. The van der Waals surface area contributed by atoms with Crippen molar-refractivity contribution in [1.82, 2.24) is 9.88 Å². The summed E-state index contributed by atoms with van der Waals surface area (Å²) in [5.74, 6) is -2.82. The van der Waals surface area contributed by atoms with Crippen LogP contribution in [0.2, 0.25) is 5.02 Å². The molecule has 0 radical (unpaired) electrons. The normalized spacial score (nSPS) is 11.8. The third-order valence-corrected chi connectivity index (χ3v) is 5.11. The van der Waals surface area contributed by atoms with E-state index < -0.39 is 29.5 Å². The molecule has 0 aliphatic rings. The average Bonchev–Trinajstić information content (AvgIpc) is 2.90. The number of carbonyl (C=O) groups is 3.